The van der Waals surface area contributed by atoms with Gasteiger partial charge in [-0.3, -0.25) is 0 Å². The van der Waals surface area contributed by atoms with Crippen molar-refractivity contribution in [2.45, 2.75) is 47.8 Å². The molecule has 0 amide bonds. The van der Waals surface area contributed by atoms with E-state index >= 15 is 0 Å². The molecule has 0 unspecified atom stereocenters. The number of fused-ring (bicyclic) bond motifs is 1. The summed E-state index contributed by atoms with van der Waals surface area (Å²) in [7, 11) is -4.38. The number of hydrogen-bond donors (Lipinski definition) is 0. The molecular weight excluding hydrogens is 343 g/mol. The first-order valence-electron chi connectivity index (χ1n) is 7.58. The molecule has 1 aliphatic heterocycles. The minimum atomic E-state index is -4.38. The molecule has 0 bridgehead atoms. The molecule has 1 saturated carbocycles. The predicted molar refractivity (Wildman–Crippen MR) is 78.2 cm³/mol. The Morgan fingerprint density at radius 3 is 2.50 bits per heavy atom. The predicted octanol–water partition coefficient (Wildman–Crippen LogP) is 2.85. The van der Waals surface area contributed by atoms with Crippen molar-refractivity contribution >= 4 is 9.84 Å². The zero-order valence-electron chi connectivity index (χ0n) is 12.4. The van der Waals surface area contributed by atoms with Crippen LogP contribution >= 0.6 is 0 Å². The van der Waals surface area contributed by atoms with Crippen LogP contribution < -0.4 is 0 Å². The summed E-state index contributed by atoms with van der Waals surface area (Å²) < 4.78 is 67.1. The summed E-state index contributed by atoms with van der Waals surface area (Å²) in [5.74, 6) is -3.40. The lowest BCUT2D eigenvalue weighted by molar-refractivity contribution is -0.0665. The van der Waals surface area contributed by atoms with Gasteiger partial charge < -0.3 is 0 Å². The lowest BCUT2D eigenvalue weighted by Gasteiger charge is -2.34. The van der Waals surface area contributed by atoms with Crippen molar-refractivity contribution in [3.63, 3.8) is 0 Å². The smallest absolute Gasteiger partial charge is 0.239 e. The highest BCUT2D eigenvalue weighted by atomic mass is 32.2. The van der Waals surface area contributed by atoms with Gasteiger partial charge >= 0.3 is 0 Å². The zero-order chi connectivity index (χ0) is 17.1. The lowest BCUT2D eigenvalue weighted by atomic mass is 9.94. The first-order valence-corrected chi connectivity index (χ1v) is 9.12. The molecule has 1 fully saturated rings. The average molecular weight is 357 g/mol. The molecule has 2 heterocycles. The topological polar surface area (TPSA) is 64.8 Å². The van der Waals surface area contributed by atoms with Crippen molar-refractivity contribution in [2.24, 2.45) is 0 Å². The van der Waals surface area contributed by atoms with E-state index in [9.17, 15) is 21.6 Å². The second-order valence-corrected chi connectivity index (χ2v) is 8.18. The molecule has 1 aromatic heterocycles. The first kappa shape index (κ1) is 15.6. The molecule has 3 atom stereocenters. The van der Waals surface area contributed by atoms with E-state index in [1.165, 1.54) is 4.68 Å². The fraction of sp³-hybridized carbons (Fsp3) is 0.467. The second-order valence-electron chi connectivity index (χ2n) is 6.16. The van der Waals surface area contributed by atoms with Crippen molar-refractivity contribution in [3.8, 4) is 0 Å². The van der Waals surface area contributed by atoms with Gasteiger partial charge in [0.1, 0.15) is 5.25 Å². The Morgan fingerprint density at radius 1 is 1.21 bits per heavy atom. The number of halogens is 3. The number of nitrogens with zero attached hydrogens (tertiary/aromatic N) is 3. The molecule has 0 N–H and O–H groups in total. The van der Waals surface area contributed by atoms with Crippen LogP contribution in [0.3, 0.4) is 0 Å². The van der Waals surface area contributed by atoms with Gasteiger partial charge in [-0.15, -0.1) is 5.10 Å². The highest BCUT2D eigenvalue weighted by Crippen LogP contribution is 2.45. The molecule has 128 valence electrons. The van der Waals surface area contributed by atoms with Crippen LogP contribution in [0.5, 0.6) is 0 Å². The van der Waals surface area contributed by atoms with Crippen LogP contribution in [-0.2, 0) is 9.84 Å². The van der Waals surface area contributed by atoms with E-state index in [-0.39, 0.29) is 18.7 Å². The number of hydrogen-bond acceptors (Lipinski definition) is 4. The van der Waals surface area contributed by atoms with Crippen molar-refractivity contribution < 1.29 is 21.6 Å². The summed E-state index contributed by atoms with van der Waals surface area (Å²) in [6.45, 7) is 0. The van der Waals surface area contributed by atoms with Gasteiger partial charge in [0.05, 0.1) is 6.04 Å². The van der Waals surface area contributed by atoms with Gasteiger partial charge in [-0.25, -0.2) is 26.3 Å². The Balaban J connectivity index is 1.74. The van der Waals surface area contributed by atoms with E-state index in [0.29, 0.717) is 0 Å². The SMILES string of the molecule is O=S(=O)(c1nc2n(n1)[C@H](c1ccccc1)C[C@@H]2F)[C@H]1CCC1(F)F. The fourth-order valence-corrected chi connectivity index (χ4v) is 4.90. The van der Waals surface area contributed by atoms with E-state index < -0.39 is 44.8 Å². The number of alkyl halides is 3. The molecule has 5 nitrogen and oxygen atoms in total. The number of benzene rings is 1. The van der Waals surface area contributed by atoms with Gasteiger partial charge in [0.2, 0.25) is 9.84 Å². The van der Waals surface area contributed by atoms with Crippen LogP contribution in [0, 0.1) is 0 Å². The Morgan fingerprint density at radius 2 is 1.92 bits per heavy atom. The van der Waals surface area contributed by atoms with E-state index in [1.807, 2.05) is 6.07 Å². The van der Waals surface area contributed by atoms with Crippen LogP contribution in [0.1, 0.15) is 42.9 Å². The molecule has 2 aliphatic rings. The second kappa shape index (κ2) is 5.05. The highest BCUT2D eigenvalue weighted by Gasteiger charge is 2.57. The largest absolute Gasteiger partial charge is 0.267 e. The molecule has 0 radical (unpaired) electrons. The van der Waals surface area contributed by atoms with Gasteiger partial charge in [0.25, 0.3) is 11.1 Å². The monoisotopic (exact) mass is 357 g/mol. The third-order valence-electron chi connectivity index (χ3n) is 4.67. The molecule has 0 spiro atoms. The zero-order valence-corrected chi connectivity index (χ0v) is 13.3. The first-order chi connectivity index (χ1) is 11.3. The van der Waals surface area contributed by atoms with E-state index in [0.717, 1.165) is 5.56 Å². The van der Waals surface area contributed by atoms with Gasteiger partial charge in [0.15, 0.2) is 12.0 Å². The van der Waals surface area contributed by atoms with Crippen molar-refractivity contribution in [3.05, 3.63) is 41.7 Å². The quantitative estimate of drug-likeness (QED) is 0.847. The van der Waals surface area contributed by atoms with Gasteiger partial charge in [0, 0.05) is 12.8 Å². The molecule has 4 rings (SSSR count). The third-order valence-corrected chi connectivity index (χ3v) is 6.68. The molecule has 1 aromatic carbocycles. The van der Waals surface area contributed by atoms with Crippen LogP contribution in [0.15, 0.2) is 35.5 Å². The maximum atomic E-state index is 14.2. The summed E-state index contributed by atoms with van der Waals surface area (Å²) in [4.78, 5) is 3.74. The Bertz CT molecular complexity index is 883. The summed E-state index contributed by atoms with van der Waals surface area (Å²) in [6.07, 6.45) is -1.99. The maximum Gasteiger partial charge on any atom is 0.267 e. The van der Waals surface area contributed by atoms with Crippen LogP contribution in [0.2, 0.25) is 0 Å². The summed E-state index contributed by atoms with van der Waals surface area (Å²) >= 11 is 0. The van der Waals surface area contributed by atoms with Gasteiger partial charge in [-0.2, -0.15) is 4.98 Å². The molecule has 9 heteroatoms. The van der Waals surface area contributed by atoms with E-state index in [1.54, 1.807) is 24.3 Å². The van der Waals surface area contributed by atoms with Crippen molar-refractivity contribution in [1.82, 2.24) is 14.8 Å². The summed E-state index contributed by atoms with van der Waals surface area (Å²) in [5, 5.41) is 1.36. The minimum absolute atomic E-state index is 0.0965. The standard InChI is InChI=1S/C15H14F3N3O2S/c16-10-8-11(9-4-2-1-3-5-9)21-13(10)19-14(20-21)24(22,23)12-6-7-15(12,17)18/h1-5,10-12H,6-8H2/t10-,11-,12-/m0/s1. The van der Waals surface area contributed by atoms with Crippen LogP contribution in [0.4, 0.5) is 13.2 Å². The fourth-order valence-electron chi connectivity index (χ4n) is 3.22. The van der Waals surface area contributed by atoms with E-state index in [4.69, 9.17) is 0 Å². The Kier molecular flexibility index (Phi) is 3.28. The van der Waals surface area contributed by atoms with Gasteiger partial charge in [-0.1, -0.05) is 30.3 Å². The third kappa shape index (κ3) is 2.17. The van der Waals surface area contributed by atoms with Crippen LogP contribution in [0.25, 0.3) is 0 Å². The lowest BCUT2D eigenvalue weighted by Crippen LogP contribution is -2.49. The number of aromatic nitrogens is 3. The molecule has 0 saturated heterocycles. The maximum absolute atomic E-state index is 14.2. The Labute approximate surface area is 136 Å². The van der Waals surface area contributed by atoms with Crippen molar-refractivity contribution in [2.75, 3.05) is 0 Å². The highest BCUT2D eigenvalue weighted by molar-refractivity contribution is 7.92. The van der Waals surface area contributed by atoms with Crippen molar-refractivity contribution in [1.29, 1.82) is 0 Å². The number of rotatable bonds is 3. The van der Waals surface area contributed by atoms with Gasteiger partial charge in [-0.05, 0) is 12.0 Å². The van der Waals surface area contributed by atoms with Crippen LogP contribution in [-0.4, -0.2) is 34.4 Å². The van der Waals surface area contributed by atoms with E-state index in [2.05, 4.69) is 10.1 Å². The molecule has 2 aromatic rings. The normalized spacial score (nSPS) is 28.4. The Hall–Kier alpha value is -1.90. The molecular formula is C15H14F3N3O2S. The molecule has 24 heavy (non-hydrogen) atoms. The average Bonchev–Trinajstić information content (AvgIpc) is 3.08. The minimum Gasteiger partial charge on any atom is -0.239 e. The summed E-state index contributed by atoms with van der Waals surface area (Å²) in [5.41, 5.74) is 0.765. The number of sulfone groups is 1. The summed E-state index contributed by atoms with van der Waals surface area (Å²) in [6, 6.07) is 8.44. The molecule has 1 aliphatic carbocycles.